The van der Waals surface area contributed by atoms with Crippen LogP contribution in [0.1, 0.15) is 26.7 Å². The lowest BCUT2D eigenvalue weighted by Gasteiger charge is -2.18. The number of hydrogen-bond donors (Lipinski definition) is 2. The molecule has 1 aromatic rings. The van der Waals surface area contributed by atoms with Crippen LogP contribution in [0.3, 0.4) is 0 Å². The standard InChI is InChI=1S/C10H20N4O2/c1-10(2,3)11-7-8-12-13-9(16-8)14(4)5-6-15/h11,15H,5-7H2,1-4H3. The Morgan fingerprint density at radius 3 is 2.62 bits per heavy atom. The number of hydrogen-bond acceptors (Lipinski definition) is 6. The average molecular weight is 228 g/mol. The van der Waals surface area contributed by atoms with Gasteiger partial charge in [0, 0.05) is 19.1 Å². The molecule has 0 spiro atoms. The fourth-order valence-corrected chi connectivity index (χ4v) is 1.06. The number of rotatable bonds is 5. The summed E-state index contributed by atoms with van der Waals surface area (Å²) in [6.07, 6.45) is 0. The SMILES string of the molecule is CN(CCO)c1nnc(CNC(C)(C)C)o1. The van der Waals surface area contributed by atoms with E-state index in [9.17, 15) is 0 Å². The Labute approximate surface area is 95.7 Å². The van der Waals surface area contributed by atoms with Gasteiger partial charge < -0.3 is 19.7 Å². The first-order valence-corrected chi connectivity index (χ1v) is 5.32. The Morgan fingerprint density at radius 2 is 2.06 bits per heavy atom. The number of aliphatic hydroxyl groups excluding tert-OH is 1. The number of nitrogens with zero attached hydrogens (tertiary/aromatic N) is 3. The first-order chi connectivity index (χ1) is 7.42. The van der Waals surface area contributed by atoms with Crippen molar-refractivity contribution >= 4 is 6.01 Å². The van der Waals surface area contributed by atoms with Crippen molar-refractivity contribution in [1.82, 2.24) is 15.5 Å². The van der Waals surface area contributed by atoms with Crippen LogP contribution in [0.2, 0.25) is 0 Å². The number of aromatic nitrogens is 2. The van der Waals surface area contributed by atoms with Crippen molar-refractivity contribution in [3.05, 3.63) is 5.89 Å². The molecule has 0 radical (unpaired) electrons. The van der Waals surface area contributed by atoms with Gasteiger partial charge >= 0.3 is 6.01 Å². The van der Waals surface area contributed by atoms with Gasteiger partial charge in [0.15, 0.2) is 0 Å². The van der Waals surface area contributed by atoms with E-state index in [4.69, 9.17) is 9.52 Å². The maximum absolute atomic E-state index is 8.77. The normalized spacial score (nSPS) is 11.8. The van der Waals surface area contributed by atoms with E-state index in [2.05, 4.69) is 36.3 Å². The molecule has 0 unspecified atom stereocenters. The van der Waals surface area contributed by atoms with Crippen molar-refractivity contribution in [3.8, 4) is 0 Å². The number of aliphatic hydroxyl groups is 1. The Balaban J connectivity index is 2.51. The quantitative estimate of drug-likeness (QED) is 0.759. The van der Waals surface area contributed by atoms with E-state index in [-0.39, 0.29) is 12.1 Å². The second kappa shape index (κ2) is 5.27. The molecule has 6 heteroatoms. The molecular weight excluding hydrogens is 208 g/mol. The molecule has 0 saturated heterocycles. The van der Waals surface area contributed by atoms with Gasteiger partial charge in [-0.2, -0.15) is 0 Å². The van der Waals surface area contributed by atoms with Crippen LogP contribution in [0.25, 0.3) is 0 Å². The summed E-state index contributed by atoms with van der Waals surface area (Å²) in [5, 5.41) is 19.8. The maximum atomic E-state index is 8.77. The summed E-state index contributed by atoms with van der Waals surface area (Å²) in [4.78, 5) is 1.72. The molecule has 0 bridgehead atoms. The molecule has 1 heterocycles. The van der Waals surface area contributed by atoms with Crippen molar-refractivity contribution in [1.29, 1.82) is 0 Å². The van der Waals surface area contributed by atoms with Gasteiger partial charge in [0.05, 0.1) is 13.2 Å². The summed E-state index contributed by atoms with van der Waals surface area (Å²) in [6, 6.07) is 0.430. The maximum Gasteiger partial charge on any atom is 0.318 e. The third kappa shape index (κ3) is 4.16. The highest BCUT2D eigenvalue weighted by molar-refractivity contribution is 5.21. The highest BCUT2D eigenvalue weighted by Gasteiger charge is 2.13. The molecule has 1 aromatic heterocycles. The van der Waals surface area contributed by atoms with E-state index < -0.39 is 0 Å². The van der Waals surface area contributed by atoms with E-state index in [0.29, 0.717) is 25.0 Å². The van der Waals surface area contributed by atoms with Crippen molar-refractivity contribution < 1.29 is 9.52 Å². The predicted octanol–water partition coefficient (Wildman–Crippen LogP) is 0.386. The number of likely N-dealkylation sites (N-methyl/N-ethyl adjacent to an activating group) is 1. The second-order valence-electron chi connectivity index (χ2n) is 4.73. The summed E-state index contributed by atoms with van der Waals surface area (Å²) in [5.74, 6) is 0.551. The molecule has 16 heavy (non-hydrogen) atoms. The van der Waals surface area contributed by atoms with Gasteiger partial charge in [-0.25, -0.2) is 0 Å². The highest BCUT2D eigenvalue weighted by Crippen LogP contribution is 2.10. The minimum absolute atomic E-state index is 0.0195. The zero-order valence-electron chi connectivity index (χ0n) is 10.3. The summed E-state index contributed by atoms with van der Waals surface area (Å²) >= 11 is 0. The van der Waals surface area contributed by atoms with Crippen LogP contribution in [-0.4, -0.2) is 41.0 Å². The van der Waals surface area contributed by atoms with Crippen LogP contribution in [0.5, 0.6) is 0 Å². The van der Waals surface area contributed by atoms with Crippen LogP contribution in [0.4, 0.5) is 6.01 Å². The molecule has 0 atom stereocenters. The summed E-state index contributed by atoms with van der Waals surface area (Å²) in [6.45, 7) is 7.30. The zero-order chi connectivity index (χ0) is 12.2. The third-order valence-electron chi connectivity index (χ3n) is 1.99. The van der Waals surface area contributed by atoms with Crippen LogP contribution in [-0.2, 0) is 6.54 Å². The smallest absolute Gasteiger partial charge is 0.318 e. The molecule has 0 aliphatic heterocycles. The molecular formula is C10H20N4O2. The first-order valence-electron chi connectivity index (χ1n) is 5.32. The fourth-order valence-electron chi connectivity index (χ4n) is 1.06. The lowest BCUT2D eigenvalue weighted by Crippen LogP contribution is -2.35. The van der Waals surface area contributed by atoms with Gasteiger partial charge in [-0.1, -0.05) is 5.10 Å². The molecule has 0 amide bonds. The minimum atomic E-state index is 0.0195. The molecule has 0 saturated carbocycles. The lowest BCUT2D eigenvalue weighted by atomic mass is 10.1. The van der Waals surface area contributed by atoms with E-state index in [1.807, 2.05) is 0 Å². The largest absolute Gasteiger partial charge is 0.407 e. The zero-order valence-corrected chi connectivity index (χ0v) is 10.3. The van der Waals surface area contributed by atoms with Gasteiger partial charge in [-0.05, 0) is 20.8 Å². The topological polar surface area (TPSA) is 74.4 Å². The van der Waals surface area contributed by atoms with Crippen LogP contribution >= 0.6 is 0 Å². The van der Waals surface area contributed by atoms with Crippen molar-refractivity contribution in [2.45, 2.75) is 32.9 Å². The van der Waals surface area contributed by atoms with E-state index in [1.165, 1.54) is 0 Å². The van der Waals surface area contributed by atoms with Gasteiger partial charge in [0.1, 0.15) is 0 Å². The van der Waals surface area contributed by atoms with E-state index in [1.54, 1.807) is 11.9 Å². The van der Waals surface area contributed by atoms with Gasteiger partial charge in [0.25, 0.3) is 0 Å². The summed E-state index contributed by atoms with van der Waals surface area (Å²) in [5.41, 5.74) is 0.0195. The van der Waals surface area contributed by atoms with Crippen LogP contribution < -0.4 is 10.2 Å². The molecule has 92 valence electrons. The highest BCUT2D eigenvalue weighted by atomic mass is 16.4. The molecule has 1 rings (SSSR count). The fraction of sp³-hybridized carbons (Fsp3) is 0.800. The Hall–Kier alpha value is -1.14. The van der Waals surface area contributed by atoms with Crippen LogP contribution in [0, 0.1) is 0 Å². The summed E-state index contributed by atoms with van der Waals surface area (Å²) in [7, 11) is 1.80. The Morgan fingerprint density at radius 1 is 1.38 bits per heavy atom. The second-order valence-corrected chi connectivity index (χ2v) is 4.73. The van der Waals surface area contributed by atoms with Gasteiger partial charge in [-0.3, -0.25) is 0 Å². The molecule has 6 nitrogen and oxygen atoms in total. The van der Waals surface area contributed by atoms with Crippen molar-refractivity contribution in [2.24, 2.45) is 0 Å². The van der Waals surface area contributed by atoms with E-state index in [0.717, 1.165) is 0 Å². The molecule has 0 aliphatic carbocycles. The van der Waals surface area contributed by atoms with Gasteiger partial charge in [-0.15, -0.1) is 5.10 Å². The molecule has 0 aromatic carbocycles. The number of nitrogens with one attached hydrogen (secondary N) is 1. The predicted molar refractivity (Wildman–Crippen MR) is 61.2 cm³/mol. The third-order valence-corrected chi connectivity index (χ3v) is 1.99. The van der Waals surface area contributed by atoms with Crippen molar-refractivity contribution in [3.63, 3.8) is 0 Å². The number of anilines is 1. The van der Waals surface area contributed by atoms with Gasteiger partial charge in [0.2, 0.25) is 5.89 Å². The first kappa shape index (κ1) is 12.9. The molecule has 0 fully saturated rings. The van der Waals surface area contributed by atoms with Crippen LogP contribution in [0.15, 0.2) is 4.42 Å². The van der Waals surface area contributed by atoms with Crippen molar-refractivity contribution in [2.75, 3.05) is 25.1 Å². The average Bonchev–Trinajstić information content (AvgIpc) is 2.62. The lowest BCUT2D eigenvalue weighted by molar-refractivity contribution is 0.300. The van der Waals surface area contributed by atoms with E-state index >= 15 is 0 Å². The minimum Gasteiger partial charge on any atom is -0.407 e. The molecule has 2 N–H and O–H groups in total. The molecule has 0 aliphatic rings. The summed E-state index contributed by atoms with van der Waals surface area (Å²) < 4.78 is 5.42. The monoisotopic (exact) mass is 228 g/mol. The Bertz CT molecular complexity index is 319. The Kier molecular flexibility index (Phi) is 4.26.